The van der Waals surface area contributed by atoms with Crippen LogP contribution in [0.15, 0.2) is 4.52 Å². The lowest BCUT2D eigenvalue weighted by atomic mass is 9.98. The van der Waals surface area contributed by atoms with E-state index in [9.17, 15) is 4.79 Å². The summed E-state index contributed by atoms with van der Waals surface area (Å²) >= 11 is 0. The molecule has 2 aromatic heterocycles. The second-order valence-corrected chi connectivity index (χ2v) is 6.58. The first-order valence-electron chi connectivity index (χ1n) is 8.19. The van der Waals surface area contributed by atoms with Crippen molar-refractivity contribution in [1.29, 1.82) is 0 Å². The van der Waals surface area contributed by atoms with Gasteiger partial charge in [-0.15, -0.1) is 0 Å². The van der Waals surface area contributed by atoms with E-state index in [-0.39, 0.29) is 18.1 Å². The molecule has 0 bridgehead atoms. The zero-order chi connectivity index (χ0) is 17.0. The maximum atomic E-state index is 13.1. The van der Waals surface area contributed by atoms with Gasteiger partial charge in [-0.1, -0.05) is 5.16 Å². The zero-order valence-electron chi connectivity index (χ0n) is 14.1. The van der Waals surface area contributed by atoms with Gasteiger partial charge >= 0.3 is 0 Å². The number of anilines is 1. The van der Waals surface area contributed by atoms with Crippen molar-refractivity contribution in [2.45, 2.75) is 45.4 Å². The third kappa shape index (κ3) is 2.21. The van der Waals surface area contributed by atoms with Gasteiger partial charge in [-0.3, -0.25) is 9.48 Å². The highest BCUT2D eigenvalue weighted by atomic mass is 16.5. The fraction of sp³-hybridized carbons (Fsp3) is 0.562. The molecule has 24 heavy (non-hydrogen) atoms. The van der Waals surface area contributed by atoms with E-state index in [4.69, 9.17) is 15.0 Å². The fourth-order valence-electron chi connectivity index (χ4n) is 3.77. The molecule has 0 saturated carbocycles. The van der Waals surface area contributed by atoms with Crippen LogP contribution in [0.3, 0.4) is 0 Å². The SMILES string of the molecule is C[C@@H]1Cc2c(C(=O)N3CCc4noc(N)c4C3)nn(C)c2[C@H](C)O1. The zero-order valence-corrected chi connectivity index (χ0v) is 14.1. The number of amides is 1. The number of nitrogen functional groups attached to an aromatic ring is 1. The molecular formula is C16H21N5O3. The third-order valence-electron chi connectivity index (χ3n) is 4.86. The van der Waals surface area contributed by atoms with Crippen LogP contribution < -0.4 is 5.73 Å². The standard InChI is InChI=1S/C16H21N5O3/c1-8-6-10-13(18-20(3)14(10)9(2)23-8)16(22)21-5-4-12-11(7-21)15(17)24-19-12/h8-9H,4-7,17H2,1-3H3/t8-,9+/m1/s1. The van der Waals surface area contributed by atoms with E-state index < -0.39 is 0 Å². The molecular weight excluding hydrogens is 310 g/mol. The number of nitrogens with two attached hydrogens (primary N) is 1. The van der Waals surface area contributed by atoms with Gasteiger partial charge in [0.1, 0.15) is 0 Å². The number of hydrogen-bond donors (Lipinski definition) is 1. The van der Waals surface area contributed by atoms with Crippen molar-refractivity contribution >= 4 is 11.8 Å². The average Bonchev–Trinajstić information content (AvgIpc) is 3.07. The summed E-state index contributed by atoms with van der Waals surface area (Å²) in [5.41, 5.74) is 9.97. The summed E-state index contributed by atoms with van der Waals surface area (Å²) < 4.78 is 12.7. The van der Waals surface area contributed by atoms with Gasteiger partial charge in [-0.2, -0.15) is 5.10 Å². The van der Waals surface area contributed by atoms with E-state index in [0.717, 1.165) is 22.5 Å². The molecule has 2 N–H and O–H groups in total. The Morgan fingerprint density at radius 3 is 2.92 bits per heavy atom. The molecule has 1 amide bonds. The normalized spacial score (nSPS) is 23.0. The Morgan fingerprint density at radius 2 is 2.12 bits per heavy atom. The Morgan fingerprint density at radius 1 is 1.33 bits per heavy atom. The minimum Gasteiger partial charge on any atom is -0.369 e. The van der Waals surface area contributed by atoms with Gasteiger partial charge in [0.25, 0.3) is 5.91 Å². The van der Waals surface area contributed by atoms with Crippen LogP contribution in [0.4, 0.5) is 5.88 Å². The van der Waals surface area contributed by atoms with Gasteiger partial charge in [0, 0.05) is 32.0 Å². The van der Waals surface area contributed by atoms with Crippen molar-refractivity contribution < 1.29 is 14.1 Å². The van der Waals surface area contributed by atoms with Gasteiger partial charge in [0.05, 0.1) is 35.7 Å². The van der Waals surface area contributed by atoms with E-state index in [1.165, 1.54) is 0 Å². The van der Waals surface area contributed by atoms with Crippen LogP contribution in [0.2, 0.25) is 0 Å². The van der Waals surface area contributed by atoms with Crippen molar-refractivity contribution in [2.75, 3.05) is 12.3 Å². The first kappa shape index (κ1) is 15.2. The molecule has 2 aliphatic heterocycles. The number of carbonyl (C=O) groups excluding carboxylic acids is 1. The van der Waals surface area contributed by atoms with E-state index in [0.29, 0.717) is 37.5 Å². The number of ether oxygens (including phenoxy) is 1. The molecule has 0 aliphatic carbocycles. The van der Waals surface area contributed by atoms with Gasteiger partial charge < -0.3 is 19.9 Å². The van der Waals surface area contributed by atoms with Crippen LogP contribution in [0.5, 0.6) is 0 Å². The van der Waals surface area contributed by atoms with E-state index >= 15 is 0 Å². The molecule has 8 heteroatoms. The summed E-state index contributed by atoms with van der Waals surface area (Å²) in [5.74, 6) is 0.223. The summed E-state index contributed by atoms with van der Waals surface area (Å²) in [6.45, 7) is 5.02. The summed E-state index contributed by atoms with van der Waals surface area (Å²) in [6.07, 6.45) is 1.35. The van der Waals surface area contributed by atoms with E-state index in [1.54, 1.807) is 9.58 Å². The summed E-state index contributed by atoms with van der Waals surface area (Å²) in [7, 11) is 1.86. The number of carbonyl (C=O) groups is 1. The number of rotatable bonds is 1. The minimum absolute atomic E-state index is 0.0653. The summed E-state index contributed by atoms with van der Waals surface area (Å²) in [4.78, 5) is 14.8. The number of aryl methyl sites for hydroxylation is 1. The lowest BCUT2D eigenvalue weighted by Crippen LogP contribution is -2.37. The van der Waals surface area contributed by atoms with Crippen molar-refractivity contribution in [2.24, 2.45) is 7.05 Å². The monoisotopic (exact) mass is 331 g/mol. The molecule has 0 aromatic carbocycles. The molecule has 4 heterocycles. The lowest BCUT2D eigenvalue weighted by molar-refractivity contribution is -0.00907. The number of hydrogen-bond acceptors (Lipinski definition) is 6. The Bertz CT molecular complexity index is 809. The summed E-state index contributed by atoms with van der Waals surface area (Å²) in [6, 6.07) is 0. The Hall–Kier alpha value is -2.35. The summed E-state index contributed by atoms with van der Waals surface area (Å²) in [5, 5.41) is 8.44. The molecule has 8 nitrogen and oxygen atoms in total. The number of aromatic nitrogens is 3. The largest absolute Gasteiger partial charge is 0.369 e. The highest BCUT2D eigenvalue weighted by molar-refractivity contribution is 5.94. The van der Waals surface area contributed by atoms with Crippen LogP contribution in [0.1, 0.15) is 53.0 Å². The van der Waals surface area contributed by atoms with Gasteiger partial charge in [-0.25, -0.2) is 0 Å². The smallest absolute Gasteiger partial charge is 0.274 e. The molecule has 0 spiro atoms. The predicted molar refractivity (Wildman–Crippen MR) is 85.2 cm³/mol. The molecule has 2 atom stereocenters. The quantitative estimate of drug-likeness (QED) is 0.843. The Balaban J connectivity index is 1.67. The molecule has 2 aromatic rings. The second-order valence-electron chi connectivity index (χ2n) is 6.58. The maximum absolute atomic E-state index is 13.1. The molecule has 4 rings (SSSR count). The Labute approximate surface area is 139 Å². The van der Waals surface area contributed by atoms with E-state index in [2.05, 4.69) is 10.3 Å². The van der Waals surface area contributed by atoms with Gasteiger partial charge in [-0.05, 0) is 13.8 Å². The molecule has 0 radical (unpaired) electrons. The third-order valence-corrected chi connectivity index (χ3v) is 4.86. The lowest BCUT2D eigenvalue weighted by Gasteiger charge is -2.28. The number of fused-ring (bicyclic) bond motifs is 2. The Kier molecular flexibility index (Phi) is 3.38. The second kappa shape index (κ2) is 5.34. The molecule has 0 fully saturated rings. The molecule has 0 unspecified atom stereocenters. The predicted octanol–water partition coefficient (Wildman–Crippen LogP) is 1.21. The van der Waals surface area contributed by atoms with Crippen molar-refractivity contribution in [1.82, 2.24) is 19.8 Å². The fourth-order valence-corrected chi connectivity index (χ4v) is 3.77. The van der Waals surface area contributed by atoms with Crippen LogP contribution in [-0.2, 0) is 31.2 Å². The molecule has 128 valence electrons. The van der Waals surface area contributed by atoms with Crippen molar-refractivity contribution in [3.05, 3.63) is 28.2 Å². The highest BCUT2D eigenvalue weighted by Crippen LogP contribution is 2.33. The first-order chi connectivity index (χ1) is 11.5. The van der Waals surface area contributed by atoms with Crippen LogP contribution in [0.25, 0.3) is 0 Å². The number of nitrogens with zero attached hydrogens (tertiary/aromatic N) is 4. The van der Waals surface area contributed by atoms with Crippen LogP contribution in [-0.4, -0.2) is 38.4 Å². The average molecular weight is 331 g/mol. The first-order valence-corrected chi connectivity index (χ1v) is 8.19. The maximum Gasteiger partial charge on any atom is 0.274 e. The van der Waals surface area contributed by atoms with E-state index in [1.807, 2.05) is 20.9 Å². The minimum atomic E-state index is -0.0700. The molecule has 2 aliphatic rings. The van der Waals surface area contributed by atoms with Crippen molar-refractivity contribution in [3.8, 4) is 0 Å². The topological polar surface area (TPSA) is 99.4 Å². The van der Waals surface area contributed by atoms with Crippen LogP contribution in [0, 0.1) is 0 Å². The molecule has 0 saturated heterocycles. The highest BCUT2D eigenvalue weighted by Gasteiger charge is 2.34. The van der Waals surface area contributed by atoms with Crippen LogP contribution >= 0.6 is 0 Å². The van der Waals surface area contributed by atoms with Gasteiger partial charge in [0.2, 0.25) is 5.88 Å². The van der Waals surface area contributed by atoms with Gasteiger partial charge in [0.15, 0.2) is 5.69 Å². The van der Waals surface area contributed by atoms with Crippen molar-refractivity contribution in [3.63, 3.8) is 0 Å².